The lowest BCUT2D eigenvalue weighted by Crippen LogP contribution is -2.26. The fourth-order valence-corrected chi connectivity index (χ4v) is 3.65. The zero-order chi connectivity index (χ0) is 18.1. The van der Waals surface area contributed by atoms with E-state index in [9.17, 15) is 4.79 Å². The van der Waals surface area contributed by atoms with Gasteiger partial charge in [-0.1, -0.05) is 36.4 Å². The molecule has 0 bridgehead atoms. The van der Waals surface area contributed by atoms with Crippen molar-refractivity contribution in [3.8, 4) is 10.6 Å². The lowest BCUT2D eigenvalue weighted by molar-refractivity contribution is 0.0935. The minimum Gasteiger partial charge on any atom is -0.344 e. The smallest absolute Gasteiger partial charge is 0.271 e. The van der Waals surface area contributed by atoms with Crippen molar-refractivity contribution in [3.05, 3.63) is 71.5 Å². The molecule has 1 atom stereocenters. The van der Waals surface area contributed by atoms with Crippen molar-refractivity contribution < 1.29 is 4.79 Å². The number of aromatic nitrogens is 3. The number of nitrogens with one attached hydrogen (secondary N) is 1. The fourth-order valence-electron chi connectivity index (χ4n) is 2.87. The fraction of sp³-hybridized carbons (Fsp3) is 0.150. The van der Waals surface area contributed by atoms with Gasteiger partial charge in [0.25, 0.3) is 5.91 Å². The first-order chi connectivity index (χ1) is 12.6. The number of carbonyl (C=O) groups excluding carboxylic acids is 1. The molecule has 4 rings (SSSR count). The van der Waals surface area contributed by atoms with E-state index in [1.165, 1.54) is 22.1 Å². The maximum absolute atomic E-state index is 12.6. The van der Waals surface area contributed by atoms with Crippen LogP contribution in [0.15, 0.2) is 60.2 Å². The Hall–Kier alpha value is -2.99. The molecule has 2 heterocycles. The van der Waals surface area contributed by atoms with E-state index >= 15 is 0 Å². The van der Waals surface area contributed by atoms with Crippen molar-refractivity contribution >= 4 is 28.0 Å². The third kappa shape index (κ3) is 3.23. The van der Waals surface area contributed by atoms with Gasteiger partial charge >= 0.3 is 0 Å². The van der Waals surface area contributed by atoms with Crippen molar-refractivity contribution in [2.75, 3.05) is 0 Å². The van der Waals surface area contributed by atoms with E-state index in [1.54, 1.807) is 16.3 Å². The number of fused-ring (bicyclic) bond motifs is 1. The summed E-state index contributed by atoms with van der Waals surface area (Å²) in [5.41, 5.74) is 2.42. The van der Waals surface area contributed by atoms with Crippen LogP contribution in [-0.4, -0.2) is 20.7 Å². The minimum absolute atomic E-state index is 0.101. The molecule has 0 fully saturated rings. The van der Waals surface area contributed by atoms with Gasteiger partial charge in [0.15, 0.2) is 0 Å². The Morgan fingerprint density at radius 2 is 2.00 bits per heavy atom. The van der Waals surface area contributed by atoms with Gasteiger partial charge in [-0.05, 0) is 29.3 Å². The molecule has 0 saturated carbocycles. The van der Waals surface area contributed by atoms with Crippen molar-refractivity contribution in [2.45, 2.75) is 13.0 Å². The highest BCUT2D eigenvalue weighted by molar-refractivity contribution is 7.13. The zero-order valence-corrected chi connectivity index (χ0v) is 15.3. The van der Waals surface area contributed by atoms with Crippen LogP contribution in [-0.2, 0) is 7.05 Å². The predicted octanol–water partition coefficient (Wildman–Crippen LogP) is 4.19. The molecule has 1 amide bonds. The molecule has 5 nitrogen and oxygen atoms in total. The molecule has 2 aromatic heterocycles. The van der Waals surface area contributed by atoms with E-state index in [1.807, 2.05) is 32.3 Å². The second-order valence-electron chi connectivity index (χ2n) is 6.24. The molecule has 1 unspecified atom stereocenters. The van der Waals surface area contributed by atoms with E-state index in [4.69, 9.17) is 0 Å². The molecule has 4 aromatic rings. The molecule has 0 saturated heterocycles. The summed E-state index contributed by atoms with van der Waals surface area (Å²) < 4.78 is 1.72. The molecule has 0 aliphatic carbocycles. The number of carbonyl (C=O) groups is 1. The summed E-state index contributed by atoms with van der Waals surface area (Å²) >= 11 is 1.44. The summed E-state index contributed by atoms with van der Waals surface area (Å²) in [6.07, 6.45) is 3.64. The quantitative estimate of drug-likeness (QED) is 0.592. The first-order valence-corrected chi connectivity index (χ1v) is 9.22. The molecular formula is C20H18N4OS. The second-order valence-corrected chi connectivity index (χ2v) is 7.10. The molecule has 6 heteroatoms. The SMILES string of the molecule is CC(NC(=O)c1csc(-c2cnn(C)c2)n1)c1ccc2ccccc2c1. The molecule has 0 aliphatic heterocycles. The summed E-state index contributed by atoms with van der Waals surface area (Å²) in [5, 5.41) is 12.1. The number of benzene rings is 2. The summed E-state index contributed by atoms with van der Waals surface area (Å²) in [6.45, 7) is 1.98. The van der Waals surface area contributed by atoms with E-state index in [-0.39, 0.29) is 11.9 Å². The molecule has 130 valence electrons. The maximum Gasteiger partial charge on any atom is 0.271 e. The Morgan fingerprint density at radius 1 is 1.19 bits per heavy atom. The summed E-state index contributed by atoms with van der Waals surface area (Å²) in [4.78, 5) is 17.0. The van der Waals surface area contributed by atoms with Gasteiger partial charge in [0.1, 0.15) is 10.7 Å². The Kier molecular flexibility index (Phi) is 4.26. The monoisotopic (exact) mass is 362 g/mol. The summed E-state index contributed by atoms with van der Waals surface area (Å²) in [6, 6.07) is 14.3. The number of nitrogens with zero attached hydrogens (tertiary/aromatic N) is 3. The summed E-state index contributed by atoms with van der Waals surface area (Å²) in [5.74, 6) is -0.169. The van der Waals surface area contributed by atoms with Gasteiger partial charge in [0, 0.05) is 24.2 Å². The number of hydrogen-bond acceptors (Lipinski definition) is 4. The average molecular weight is 362 g/mol. The topological polar surface area (TPSA) is 59.8 Å². The van der Waals surface area contributed by atoms with Crippen molar-refractivity contribution in [1.82, 2.24) is 20.1 Å². The average Bonchev–Trinajstić information content (AvgIpc) is 3.30. The van der Waals surface area contributed by atoms with Gasteiger partial charge < -0.3 is 5.32 Å². The minimum atomic E-state index is -0.169. The highest BCUT2D eigenvalue weighted by Gasteiger charge is 2.16. The molecule has 1 N–H and O–H groups in total. The normalized spacial score (nSPS) is 12.2. The van der Waals surface area contributed by atoms with Crippen LogP contribution in [0.4, 0.5) is 0 Å². The predicted molar refractivity (Wildman–Crippen MR) is 104 cm³/mol. The molecule has 2 aromatic carbocycles. The lowest BCUT2D eigenvalue weighted by Gasteiger charge is -2.14. The van der Waals surface area contributed by atoms with Crippen LogP contribution in [0.5, 0.6) is 0 Å². The van der Waals surface area contributed by atoms with E-state index in [0.717, 1.165) is 16.1 Å². The molecule has 0 spiro atoms. The summed E-state index contributed by atoms with van der Waals surface area (Å²) in [7, 11) is 1.86. The number of rotatable bonds is 4. The van der Waals surface area contributed by atoms with Crippen molar-refractivity contribution in [3.63, 3.8) is 0 Å². The van der Waals surface area contributed by atoms with E-state index in [0.29, 0.717) is 5.69 Å². The number of amides is 1. The van der Waals surface area contributed by atoms with Crippen LogP contribution in [0.2, 0.25) is 0 Å². The number of aryl methyl sites for hydroxylation is 1. The van der Waals surface area contributed by atoms with Crippen molar-refractivity contribution in [1.29, 1.82) is 0 Å². The van der Waals surface area contributed by atoms with Crippen LogP contribution < -0.4 is 5.32 Å². The maximum atomic E-state index is 12.6. The van der Waals surface area contributed by atoms with Gasteiger partial charge in [-0.25, -0.2) is 4.98 Å². The second kappa shape index (κ2) is 6.72. The van der Waals surface area contributed by atoms with Crippen molar-refractivity contribution in [2.24, 2.45) is 7.05 Å². The number of thiazole rings is 1. The van der Waals surface area contributed by atoms with Crippen LogP contribution >= 0.6 is 11.3 Å². The van der Waals surface area contributed by atoms with Gasteiger partial charge in [0.05, 0.1) is 12.2 Å². The Bertz CT molecular complexity index is 1080. The number of hydrogen-bond donors (Lipinski definition) is 1. The van der Waals surface area contributed by atoms with Crippen LogP contribution in [0.25, 0.3) is 21.3 Å². The van der Waals surface area contributed by atoms with Gasteiger partial charge in [-0.2, -0.15) is 5.10 Å². The first-order valence-electron chi connectivity index (χ1n) is 8.34. The highest BCUT2D eigenvalue weighted by Crippen LogP contribution is 2.24. The lowest BCUT2D eigenvalue weighted by atomic mass is 10.0. The van der Waals surface area contributed by atoms with Gasteiger partial charge in [0.2, 0.25) is 0 Å². The van der Waals surface area contributed by atoms with Gasteiger partial charge in [-0.15, -0.1) is 11.3 Å². The standard InChI is InChI=1S/C20H18N4OS/c1-13(15-8-7-14-5-3-4-6-16(14)9-15)22-19(25)18-12-26-20(23-18)17-10-21-24(2)11-17/h3-13H,1-2H3,(H,22,25). The molecular weight excluding hydrogens is 344 g/mol. The van der Waals surface area contributed by atoms with Crippen LogP contribution in [0.3, 0.4) is 0 Å². The Morgan fingerprint density at radius 3 is 2.77 bits per heavy atom. The third-order valence-electron chi connectivity index (χ3n) is 4.31. The zero-order valence-electron chi connectivity index (χ0n) is 14.5. The third-order valence-corrected chi connectivity index (χ3v) is 5.20. The molecule has 0 radical (unpaired) electrons. The molecule has 0 aliphatic rings. The van der Waals surface area contributed by atoms with Gasteiger partial charge in [-0.3, -0.25) is 9.48 Å². The highest BCUT2D eigenvalue weighted by atomic mass is 32.1. The van der Waals surface area contributed by atoms with E-state index < -0.39 is 0 Å². The Balaban J connectivity index is 1.51. The first kappa shape index (κ1) is 16.5. The molecule has 26 heavy (non-hydrogen) atoms. The van der Waals surface area contributed by atoms with Crippen LogP contribution in [0, 0.1) is 0 Å². The van der Waals surface area contributed by atoms with Crippen LogP contribution in [0.1, 0.15) is 29.0 Å². The largest absolute Gasteiger partial charge is 0.344 e. The Labute approximate surface area is 155 Å². The van der Waals surface area contributed by atoms with E-state index in [2.05, 4.69) is 45.7 Å².